The van der Waals surface area contributed by atoms with E-state index in [1.165, 1.54) is 6.20 Å². The van der Waals surface area contributed by atoms with Crippen molar-refractivity contribution in [3.63, 3.8) is 0 Å². The van der Waals surface area contributed by atoms with Gasteiger partial charge in [-0.3, -0.25) is 4.98 Å². The highest BCUT2D eigenvalue weighted by Crippen LogP contribution is 2.31. The fraction of sp³-hybridized carbons (Fsp3) is 0. The number of carboxylic acid groups (broad SMARTS) is 1. The van der Waals surface area contributed by atoms with E-state index in [4.69, 9.17) is 9.84 Å². The van der Waals surface area contributed by atoms with Gasteiger partial charge in [-0.15, -0.1) is 0 Å². The maximum Gasteiger partial charge on any atom is 0.356 e. The zero-order chi connectivity index (χ0) is 13.1. The summed E-state index contributed by atoms with van der Waals surface area (Å²) in [6.07, 6.45) is 2.51. The molecule has 1 aromatic heterocycles. The lowest BCUT2D eigenvalue weighted by Crippen LogP contribution is -2.02. The Morgan fingerprint density at radius 1 is 1.28 bits per heavy atom. The Kier molecular flexibility index (Phi) is 3.93. The number of hydrogen-bond acceptors (Lipinski definition) is 4. The topological polar surface area (TPSA) is 72.3 Å². The molecule has 0 saturated carbocycles. The second-order valence-corrected chi connectivity index (χ2v) is 4.99. The number of carbonyl (C=O) groups is 1. The molecule has 2 aromatic rings. The average Bonchev–Trinajstić information content (AvgIpc) is 2.33. The summed E-state index contributed by atoms with van der Waals surface area (Å²) in [4.78, 5) is 18.3. The Hall–Kier alpha value is -1.47. The lowest BCUT2D eigenvalue weighted by atomic mass is 10.3. The molecule has 0 amide bonds. The van der Waals surface area contributed by atoms with Crippen LogP contribution in [0.2, 0.25) is 0 Å². The molecular weight excluding hydrogens is 368 g/mol. The van der Waals surface area contributed by atoms with E-state index in [-0.39, 0.29) is 11.6 Å². The average molecular weight is 374 g/mol. The Balaban J connectivity index is 2.28. The first-order valence-corrected chi connectivity index (χ1v) is 6.33. The van der Waals surface area contributed by atoms with Gasteiger partial charge in [0.1, 0.15) is 5.75 Å². The predicted octanol–water partition coefficient (Wildman–Crippen LogP) is 3.49. The Bertz CT molecular complexity index is 605. The highest BCUT2D eigenvalue weighted by Gasteiger charge is 2.09. The molecule has 0 unspecified atom stereocenters. The van der Waals surface area contributed by atoms with Gasteiger partial charge in [0, 0.05) is 4.47 Å². The number of aromatic nitrogens is 2. The van der Waals surface area contributed by atoms with Crippen LogP contribution in [0.3, 0.4) is 0 Å². The third kappa shape index (κ3) is 3.05. The smallest absolute Gasteiger partial charge is 0.356 e. The Labute approximate surface area is 119 Å². The monoisotopic (exact) mass is 372 g/mol. The lowest BCUT2D eigenvalue weighted by molar-refractivity contribution is 0.0689. The van der Waals surface area contributed by atoms with Crippen molar-refractivity contribution in [3.05, 3.63) is 45.2 Å². The number of carboxylic acids is 1. The number of rotatable bonds is 3. The number of benzene rings is 1. The largest absolute Gasteiger partial charge is 0.476 e. The summed E-state index contributed by atoms with van der Waals surface area (Å²) in [5.74, 6) is -0.504. The summed E-state index contributed by atoms with van der Waals surface area (Å²) in [6.45, 7) is 0. The molecule has 0 spiro atoms. The fourth-order valence-corrected chi connectivity index (χ4v) is 2.30. The van der Waals surface area contributed by atoms with Crippen molar-refractivity contribution in [2.24, 2.45) is 0 Å². The molecule has 0 aliphatic carbocycles. The summed E-state index contributed by atoms with van der Waals surface area (Å²) in [7, 11) is 0. The predicted molar refractivity (Wildman–Crippen MR) is 70.9 cm³/mol. The van der Waals surface area contributed by atoms with Gasteiger partial charge in [0.15, 0.2) is 5.69 Å². The molecule has 2 rings (SSSR count). The molecule has 0 fully saturated rings. The van der Waals surface area contributed by atoms with Crippen LogP contribution in [0.5, 0.6) is 11.6 Å². The molecule has 7 heteroatoms. The van der Waals surface area contributed by atoms with E-state index >= 15 is 0 Å². The first-order chi connectivity index (χ1) is 8.56. The van der Waals surface area contributed by atoms with Crippen LogP contribution in [0.25, 0.3) is 0 Å². The molecule has 0 saturated heterocycles. The minimum atomic E-state index is -1.15. The normalized spacial score (nSPS) is 10.1. The molecule has 0 aliphatic heterocycles. The molecule has 18 heavy (non-hydrogen) atoms. The molecule has 0 bridgehead atoms. The van der Waals surface area contributed by atoms with E-state index < -0.39 is 5.97 Å². The van der Waals surface area contributed by atoms with Gasteiger partial charge in [-0.2, -0.15) is 0 Å². The van der Waals surface area contributed by atoms with Gasteiger partial charge >= 0.3 is 5.97 Å². The highest BCUT2D eigenvalue weighted by molar-refractivity contribution is 9.11. The van der Waals surface area contributed by atoms with E-state index in [1.807, 2.05) is 6.07 Å². The summed E-state index contributed by atoms with van der Waals surface area (Å²) in [5.41, 5.74) is -0.166. The lowest BCUT2D eigenvalue weighted by Gasteiger charge is -2.06. The van der Waals surface area contributed by atoms with E-state index in [0.29, 0.717) is 5.75 Å². The van der Waals surface area contributed by atoms with E-state index in [9.17, 15) is 4.79 Å². The van der Waals surface area contributed by atoms with Crippen LogP contribution >= 0.6 is 31.9 Å². The summed E-state index contributed by atoms with van der Waals surface area (Å²) in [5, 5.41) is 8.79. The van der Waals surface area contributed by atoms with E-state index in [0.717, 1.165) is 15.1 Å². The zero-order valence-electron chi connectivity index (χ0n) is 8.80. The van der Waals surface area contributed by atoms with Crippen LogP contribution in [0.4, 0.5) is 0 Å². The molecule has 5 nitrogen and oxygen atoms in total. The molecular formula is C11H6Br2N2O3. The van der Waals surface area contributed by atoms with Gasteiger partial charge in [-0.25, -0.2) is 9.78 Å². The quantitative estimate of drug-likeness (QED) is 0.891. The highest BCUT2D eigenvalue weighted by atomic mass is 79.9. The molecule has 92 valence electrons. The molecule has 1 N–H and O–H groups in total. The van der Waals surface area contributed by atoms with Crippen LogP contribution in [-0.4, -0.2) is 21.0 Å². The van der Waals surface area contributed by atoms with Crippen molar-refractivity contribution in [1.82, 2.24) is 9.97 Å². The van der Waals surface area contributed by atoms with E-state index in [1.54, 1.807) is 12.1 Å². The second-order valence-electron chi connectivity index (χ2n) is 3.22. The maximum absolute atomic E-state index is 10.7. The van der Waals surface area contributed by atoms with Crippen LogP contribution in [0.1, 0.15) is 10.5 Å². The van der Waals surface area contributed by atoms with Crippen LogP contribution in [0, 0.1) is 0 Å². The zero-order valence-corrected chi connectivity index (χ0v) is 12.0. The maximum atomic E-state index is 10.7. The van der Waals surface area contributed by atoms with Gasteiger partial charge in [0.25, 0.3) is 0 Å². The minimum Gasteiger partial charge on any atom is -0.476 e. The van der Waals surface area contributed by atoms with Gasteiger partial charge in [0.2, 0.25) is 5.88 Å². The number of halogens is 2. The van der Waals surface area contributed by atoms with Crippen LogP contribution in [0.15, 0.2) is 39.5 Å². The summed E-state index contributed by atoms with van der Waals surface area (Å²) < 4.78 is 7.07. The van der Waals surface area contributed by atoms with Crippen molar-refractivity contribution in [3.8, 4) is 11.6 Å². The minimum absolute atomic E-state index is 0.123. The van der Waals surface area contributed by atoms with Gasteiger partial charge < -0.3 is 9.84 Å². The summed E-state index contributed by atoms with van der Waals surface area (Å²) >= 11 is 6.65. The molecule has 0 aliphatic rings. The van der Waals surface area contributed by atoms with Gasteiger partial charge in [-0.05, 0) is 34.1 Å². The van der Waals surface area contributed by atoms with E-state index in [2.05, 4.69) is 41.8 Å². The van der Waals surface area contributed by atoms with Crippen LogP contribution in [-0.2, 0) is 0 Å². The molecule has 0 radical (unpaired) electrons. The molecule has 0 atom stereocenters. The van der Waals surface area contributed by atoms with Crippen molar-refractivity contribution < 1.29 is 14.6 Å². The molecule has 1 aromatic carbocycles. The third-order valence-electron chi connectivity index (χ3n) is 1.94. The van der Waals surface area contributed by atoms with Crippen molar-refractivity contribution >= 4 is 37.8 Å². The van der Waals surface area contributed by atoms with Crippen molar-refractivity contribution in [2.75, 3.05) is 0 Å². The number of hydrogen-bond donors (Lipinski definition) is 1. The fourth-order valence-electron chi connectivity index (χ4n) is 1.17. The first-order valence-electron chi connectivity index (χ1n) is 4.74. The number of aromatic carboxylic acids is 1. The summed E-state index contributed by atoms with van der Waals surface area (Å²) in [6, 6.07) is 5.33. The van der Waals surface area contributed by atoms with Gasteiger partial charge in [0.05, 0.1) is 16.9 Å². The number of ether oxygens (including phenoxy) is 1. The number of nitrogens with zero attached hydrogens (tertiary/aromatic N) is 2. The van der Waals surface area contributed by atoms with Crippen molar-refractivity contribution in [1.29, 1.82) is 0 Å². The Morgan fingerprint density at radius 3 is 2.72 bits per heavy atom. The first kappa shape index (κ1) is 13.0. The van der Waals surface area contributed by atoms with Gasteiger partial charge in [-0.1, -0.05) is 15.9 Å². The van der Waals surface area contributed by atoms with Crippen molar-refractivity contribution in [2.45, 2.75) is 0 Å². The Morgan fingerprint density at radius 2 is 2.06 bits per heavy atom. The SMILES string of the molecule is O=C(O)c1cncc(Oc2ccc(Br)cc2Br)n1. The third-order valence-corrected chi connectivity index (χ3v) is 3.05. The second kappa shape index (κ2) is 5.45. The standard InChI is InChI=1S/C11H6Br2N2O3/c12-6-1-2-9(7(13)3-6)18-10-5-14-4-8(15-10)11(16)17/h1-5H,(H,16,17). The van der Waals surface area contributed by atoms with Crippen LogP contribution < -0.4 is 4.74 Å². The molecule has 1 heterocycles.